The molecule has 0 radical (unpaired) electrons. The van der Waals surface area contributed by atoms with E-state index in [0.717, 1.165) is 22.3 Å². The Morgan fingerprint density at radius 2 is 1.68 bits per heavy atom. The van der Waals surface area contributed by atoms with Crippen LogP contribution in [-0.4, -0.2) is 18.4 Å². The average Bonchev–Trinajstić information content (AvgIpc) is 2.56. The van der Waals surface area contributed by atoms with Crippen LogP contribution in [0.15, 0.2) is 48.5 Å². The molecule has 0 aromatic heterocycles. The van der Waals surface area contributed by atoms with Crippen LogP contribution in [0.2, 0.25) is 0 Å². The first kappa shape index (κ1) is 18.3. The van der Waals surface area contributed by atoms with Gasteiger partial charge in [-0.15, -0.1) is 0 Å². The standard InChI is InChI=1S/C20H22N2O3/c1-14-10-15(2)12-18(11-14)25-13-20(24)22-21-19(23)9-8-17-7-5-4-6-16(17)3/h4-12H,13H2,1-3H3,(H,21,23)(H,22,24)/b9-8+. The third-order valence-corrected chi connectivity index (χ3v) is 3.49. The number of hydrazine groups is 1. The lowest BCUT2D eigenvalue weighted by Gasteiger charge is -2.09. The smallest absolute Gasteiger partial charge is 0.276 e. The van der Waals surface area contributed by atoms with Crippen molar-refractivity contribution in [1.82, 2.24) is 10.9 Å². The van der Waals surface area contributed by atoms with Crippen LogP contribution in [0, 0.1) is 20.8 Å². The summed E-state index contributed by atoms with van der Waals surface area (Å²) in [6.07, 6.45) is 3.07. The minimum absolute atomic E-state index is 0.176. The summed E-state index contributed by atoms with van der Waals surface area (Å²) in [6.45, 7) is 5.70. The Bertz CT molecular complexity index is 777. The molecule has 0 aliphatic carbocycles. The summed E-state index contributed by atoms with van der Waals surface area (Å²) in [4.78, 5) is 23.5. The Morgan fingerprint density at radius 3 is 2.36 bits per heavy atom. The van der Waals surface area contributed by atoms with Gasteiger partial charge in [0.25, 0.3) is 11.8 Å². The topological polar surface area (TPSA) is 67.4 Å². The van der Waals surface area contributed by atoms with Crippen LogP contribution < -0.4 is 15.6 Å². The summed E-state index contributed by atoms with van der Waals surface area (Å²) in [5.41, 5.74) is 8.78. The summed E-state index contributed by atoms with van der Waals surface area (Å²) in [5, 5.41) is 0. The van der Waals surface area contributed by atoms with E-state index >= 15 is 0 Å². The summed E-state index contributed by atoms with van der Waals surface area (Å²) in [6, 6.07) is 13.4. The number of amides is 2. The zero-order valence-corrected chi connectivity index (χ0v) is 14.6. The van der Waals surface area contributed by atoms with Gasteiger partial charge in [-0.05, 0) is 61.2 Å². The Hall–Kier alpha value is -3.08. The van der Waals surface area contributed by atoms with E-state index in [9.17, 15) is 9.59 Å². The van der Waals surface area contributed by atoms with Crippen LogP contribution in [0.5, 0.6) is 5.75 Å². The summed E-state index contributed by atoms with van der Waals surface area (Å²) >= 11 is 0. The van der Waals surface area contributed by atoms with E-state index in [1.54, 1.807) is 6.08 Å². The Balaban J connectivity index is 1.77. The molecule has 0 bridgehead atoms. The van der Waals surface area contributed by atoms with Gasteiger partial charge in [-0.3, -0.25) is 20.4 Å². The van der Waals surface area contributed by atoms with Gasteiger partial charge >= 0.3 is 0 Å². The summed E-state index contributed by atoms with van der Waals surface area (Å²) in [7, 11) is 0. The maximum atomic E-state index is 11.7. The third kappa shape index (κ3) is 6.14. The Labute approximate surface area is 147 Å². The number of aryl methyl sites for hydroxylation is 3. The first-order valence-electron chi connectivity index (χ1n) is 7.97. The van der Waals surface area contributed by atoms with Crippen LogP contribution in [0.3, 0.4) is 0 Å². The van der Waals surface area contributed by atoms with Crippen molar-refractivity contribution in [3.05, 3.63) is 70.8 Å². The first-order valence-corrected chi connectivity index (χ1v) is 7.97. The molecule has 2 aromatic carbocycles. The molecule has 0 fully saturated rings. The maximum Gasteiger partial charge on any atom is 0.276 e. The second-order valence-corrected chi connectivity index (χ2v) is 5.84. The predicted molar refractivity (Wildman–Crippen MR) is 97.9 cm³/mol. The van der Waals surface area contributed by atoms with E-state index < -0.39 is 11.8 Å². The van der Waals surface area contributed by atoms with E-state index in [1.165, 1.54) is 6.08 Å². The molecule has 130 valence electrons. The monoisotopic (exact) mass is 338 g/mol. The molecule has 2 rings (SSSR count). The largest absolute Gasteiger partial charge is 0.484 e. The van der Waals surface area contributed by atoms with Gasteiger partial charge in [0.1, 0.15) is 5.75 Å². The van der Waals surface area contributed by atoms with E-state index in [0.29, 0.717) is 5.75 Å². The zero-order chi connectivity index (χ0) is 18.2. The molecule has 0 aliphatic rings. The van der Waals surface area contributed by atoms with Gasteiger partial charge in [-0.2, -0.15) is 0 Å². The molecule has 5 nitrogen and oxygen atoms in total. The number of nitrogens with one attached hydrogen (secondary N) is 2. The molecule has 2 aromatic rings. The van der Waals surface area contributed by atoms with Crippen LogP contribution in [-0.2, 0) is 9.59 Å². The second kappa shape index (κ2) is 8.68. The number of carbonyl (C=O) groups is 2. The molecule has 25 heavy (non-hydrogen) atoms. The molecule has 0 aliphatic heterocycles. The van der Waals surface area contributed by atoms with Crippen molar-refractivity contribution < 1.29 is 14.3 Å². The molecule has 0 saturated carbocycles. The van der Waals surface area contributed by atoms with E-state index in [2.05, 4.69) is 10.9 Å². The van der Waals surface area contributed by atoms with Crippen molar-refractivity contribution in [3.63, 3.8) is 0 Å². The van der Waals surface area contributed by atoms with Crippen molar-refractivity contribution in [2.75, 3.05) is 6.61 Å². The molecular weight excluding hydrogens is 316 g/mol. The average molecular weight is 338 g/mol. The zero-order valence-electron chi connectivity index (χ0n) is 14.6. The van der Waals surface area contributed by atoms with Crippen LogP contribution in [0.25, 0.3) is 6.08 Å². The molecule has 0 heterocycles. The lowest BCUT2D eigenvalue weighted by atomic mass is 10.1. The van der Waals surface area contributed by atoms with Crippen molar-refractivity contribution >= 4 is 17.9 Å². The highest BCUT2D eigenvalue weighted by atomic mass is 16.5. The number of benzene rings is 2. The normalized spacial score (nSPS) is 10.5. The van der Waals surface area contributed by atoms with Gasteiger partial charge in [-0.25, -0.2) is 0 Å². The van der Waals surface area contributed by atoms with Crippen molar-refractivity contribution in [1.29, 1.82) is 0 Å². The molecule has 0 spiro atoms. The Kier molecular flexibility index (Phi) is 6.34. The van der Waals surface area contributed by atoms with Gasteiger partial charge in [0.2, 0.25) is 0 Å². The molecule has 0 saturated heterocycles. The lowest BCUT2D eigenvalue weighted by molar-refractivity contribution is -0.128. The Morgan fingerprint density at radius 1 is 1.00 bits per heavy atom. The number of hydrogen-bond acceptors (Lipinski definition) is 3. The van der Waals surface area contributed by atoms with Crippen molar-refractivity contribution in [3.8, 4) is 5.75 Å². The minimum atomic E-state index is -0.434. The minimum Gasteiger partial charge on any atom is -0.484 e. The number of rotatable bonds is 5. The highest BCUT2D eigenvalue weighted by Gasteiger charge is 2.05. The fourth-order valence-electron chi connectivity index (χ4n) is 2.31. The summed E-state index contributed by atoms with van der Waals surface area (Å²) < 4.78 is 5.43. The van der Waals surface area contributed by atoms with E-state index in [4.69, 9.17) is 4.74 Å². The number of ether oxygens (including phenoxy) is 1. The molecule has 5 heteroatoms. The van der Waals surface area contributed by atoms with Crippen LogP contribution in [0.4, 0.5) is 0 Å². The summed E-state index contributed by atoms with van der Waals surface area (Å²) in [5.74, 6) is -0.224. The predicted octanol–water partition coefficient (Wildman–Crippen LogP) is 2.85. The fraction of sp³-hybridized carbons (Fsp3) is 0.200. The van der Waals surface area contributed by atoms with Gasteiger partial charge < -0.3 is 4.74 Å². The van der Waals surface area contributed by atoms with Crippen LogP contribution >= 0.6 is 0 Å². The fourth-order valence-corrected chi connectivity index (χ4v) is 2.31. The molecule has 0 atom stereocenters. The quantitative estimate of drug-likeness (QED) is 0.651. The highest BCUT2D eigenvalue weighted by molar-refractivity contribution is 5.93. The third-order valence-electron chi connectivity index (χ3n) is 3.49. The molecule has 0 unspecified atom stereocenters. The first-order chi connectivity index (χ1) is 11.9. The molecule has 2 amide bonds. The molecular formula is C20H22N2O3. The van der Waals surface area contributed by atoms with Crippen LogP contribution in [0.1, 0.15) is 22.3 Å². The number of hydrogen-bond donors (Lipinski definition) is 2. The van der Waals surface area contributed by atoms with E-state index in [-0.39, 0.29) is 6.61 Å². The van der Waals surface area contributed by atoms with E-state index in [1.807, 2.05) is 63.2 Å². The second-order valence-electron chi connectivity index (χ2n) is 5.84. The lowest BCUT2D eigenvalue weighted by Crippen LogP contribution is -2.43. The van der Waals surface area contributed by atoms with Crippen molar-refractivity contribution in [2.24, 2.45) is 0 Å². The van der Waals surface area contributed by atoms with Gasteiger partial charge in [0, 0.05) is 6.08 Å². The van der Waals surface area contributed by atoms with Gasteiger partial charge in [-0.1, -0.05) is 30.3 Å². The SMILES string of the molecule is Cc1cc(C)cc(OCC(=O)NNC(=O)/C=C/c2ccccc2C)c1. The highest BCUT2D eigenvalue weighted by Crippen LogP contribution is 2.15. The van der Waals surface area contributed by atoms with Gasteiger partial charge in [0.05, 0.1) is 0 Å². The molecule has 2 N–H and O–H groups in total. The maximum absolute atomic E-state index is 11.7. The van der Waals surface area contributed by atoms with Crippen molar-refractivity contribution in [2.45, 2.75) is 20.8 Å². The van der Waals surface area contributed by atoms with Gasteiger partial charge in [0.15, 0.2) is 6.61 Å². The number of carbonyl (C=O) groups excluding carboxylic acids is 2.